The van der Waals surface area contributed by atoms with Crippen LogP contribution in [0.15, 0.2) is 60.7 Å². The van der Waals surface area contributed by atoms with E-state index in [1.54, 1.807) is 6.92 Å². The lowest BCUT2D eigenvalue weighted by Gasteiger charge is -2.12. The van der Waals surface area contributed by atoms with Crippen molar-refractivity contribution in [1.29, 1.82) is 0 Å². The molecule has 0 aromatic heterocycles. The van der Waals surface area contributed by atoms with E-state index in [0.717, 1.165) is 11.3 Å². The van der Waals surface area contributed by atoms with Crippen LogP contribution in [0, 0.1) is 0 Å². The van der Waals surface area contributed by atoms with Crippen LogP contribution in [0.3, 0.4) is 0 Å². The first-order valence-electron chi connectivity index (χ1n) is 8.38. The third-order valence-corrected chi connectivity index (χ3v) is 3.86. The molecule has 1 N–H and O–H groups in total. The van der Waals surface area contributed by atoms with E-state index in [1.807, 2.05) is 48.5 Å². The first-order chi connectivity index (χ1) is 12.1. The van der Waals surface area contributed by atoms with Crippen molar-refractivity contribution in [1.82, 2.24) is 0 Å². The first kappa shape index (κ1) is 18.7. The quantitative estimate of drug-likeness (QED) is 0.743. The summed E-state index contributed by atoms with van der Waals surface area (Å²) < 4.78 is 11.0. The van der Waals surface area contributed by atoms with E-state index in [9.17, 15) is 4.79 Å². The van der Waals surface area contributed by atoms with Crippen molar-refractivity contribution in [2.45, 2.75) is 26.4 Å². The van der Waals surface area contributed by atoms with Crippen LogP contribution < -0.4 is 4.74 Å². The molecule has 0 saturated carbocycles. The lowest BCUT2D eigenvalue weighted by Crippen LogP contribution is -2.26. The highest BCUT2D eigenvalue weighted by Crippen LogP contribution is 2.16. The van der Waals surface area contributed by atoms with Gasteiger partial charge >= 0.3 is 5.97 Å². The summed E-state index contributed by atoms with van der Waals surface area (Å²) in [5.74, 6) is -0.187. The third-order valence-electron chi connectivity index (χ3n) is 3.86. The van der Waals surface area contributed by atoms with Gasteiger partial charge in [0.25, 0.3) is 0 Å². The number of carboxylic acids is 1. The number of carboxylic acid groups (broad SMARTS) is 1. The molecule has 0 heterocycles. The largest absolute Gasteiger partial charge is 0.490 e. The average molecular weight is 340 g/mol. The Hall–Kier alpha value is -2.59. The van der Waals surface area contributed by atoms with E-state index >= 15 is 0 Å². The van der Waals surface area contributed by atoms with Crippen molar-refractivity contribution in [3.8, 4) is 5.75 Å². The van der Waals surface area contributed by atoms with E-state index in [0.29, 0.717) is 19.6 Å². The fraction of sp³-hybridized carbons (Fsp3) is 0.286. The fourth-order valence-electron chi connectivity index (χ4n) is 2.44. The van der Waals surface area contributed by atoms with Crippen LogP contribution in [0.25, 0.3) is 5.57 Å². The molecule has 1 unspecified atom stereocenters. The van der Waals surface area contributed by atoms with E-state index in [-0.39, 0.29) is 0 Å². The molecule has 132 valence electrons. The second kappa shape index (κ2) is 9.64. The monoisotopic (exact) mass is 340 g/mol. The van der Waals surface area contributed by atoms with Crippen LogP contribution in [0.2, 0.25) is 0 Å². The average Bonchev–Trinajstić information content (AvgIpc) is 2.63. The summed E-state index contributed by atoms with van der Waals surface area (Å²) in [4.78, 5) is 11.1. The molecule has 0 aliphatic carbocycles. The Kier molecular flexibility index (Phi) is 7.23. The highest BCUT2D eigenvalue weighted by molar-refractivity contribution is 5.72. The molecular formula is C21H24O4. The van der Waals surface area contributed by atoms with Gasteiger partial charge in [-0.15, -0.1) is 0 Å². The van der Waals surface area contributed by atoms with Crippen molar-refractivity contribution < 1.29 is 19.4 Å². The van der Waals surface area contributed by atoms with Crippen LogP contribution >= 0.6 is 0 Å². The Labute approximate surface area is 148 Å². The second-order valence-electron chi connectivity index (χ2n) is 5.69. The second-order valence-corrected chi connectivity index (χ2v) is 5.69. The number of benzene rings is 2. The Morgan fingerprint density at radius 1 is 1.12 bits per heavy atom. The highest BCUT2D eigenvalue weighted by atomic mass is 16.5. The standard InChI is InChI=1S/C21H24O4/c1-3-24-20(21(22)23)15-17-9-11-19(12-10-17)25-14-13-16(2)18-7-5-4-6-8-18/h4-13,20H,3,14-15H2,1-2H3,(H,22,23)/b16-13-. The molecule has 4 heteroatoms. The van der Waals surface area contributed by atoms with Gasteiger partial charge in [0, 0.05) is 13.0 Å². The minimum absolute atomic E-state index is 0.344. The summed E-state index contributed by atoms with van der Waals surface area (Å²) in [6, 6.07) is 17.6. The SMILES string of the molecule is CCOC(Cc1ccc(OC/C=C(/C)c2ccccc2)cc1)C(=O)O. The number of rotatable bonds is 9. The topological polar surface area (TPSA) is 55.8 Å². The zero-order chi connectivity index (χ0) is 18.1. The Morgan fingerprint density at radius 3 is 2.40 bits per heavy atom. The lowest BCUT2D eigenvalue weighted by atomic mass is 10.1. The highest BCUT2D eigenvalue weighted by Gasteiger charge is 2.17. The molecule has 0 amide bonds. The molecule has 2 rings (SSSR count). The zero-order valence-corrected chi connectivity index (χ0v) is 14.6. The Bertz CT molecular complexity index is 690. The summed E-state index contributed by atoms with van der Waals surface area (Å²) >= 11 is 0. The zero-order valence-electron chi connectivity index (χ0n) is 14.6. The first-order valence-corrected chi connectivity index (χ1v) is 8.38. The van der Waals surface area contributed by atoms with E-state index in [2.05, 4.69) is 19.1 Å². The van der Waals surface area contributed by atoms with Gasteiger partial charge in [-0.25, -0.2) is 4.79 Å². The molecule has 2 aromatic rings. The number of carbonyl (C=O) groups is 1. The Morgan fingerprint density at radius 2 is 1.80 bits per heavy atom. The van der Waals surface area contributed by atoms with E-state index < -0.39 is 12.1 Å². The van der Waals surface area contributed by atoms with Crippen molar-refractivity contribution in [3.63, 3.8) is 0 Å². The predicted octanol–water partition coefficient (Wildman–Crippen LogP) is 4.20. The van der Waals surface area contributed by atoms with Gasteiger partial charge in [-0.05, 0) is 48.8 Å². The molecule has 0 saturated heterocycles. The van der Waals surface area contributed by atoms with Crippen molar-refractivity contribution in [2.24, 2.45) is 0 Å². The molecule has 2 aromatic carbocycles. The summed E-state index contributed by atoms with van der Waals surface area (Å²) in [6.07, 6.45) is 1.57. The van der Waals surface area contributed by atoms with Gasteiger partial charge in [0.05, 0.1) is 0 Å². The van der Waals surface area contributed by atoms with Gasteiger partial charge in [-0.2, -0.15) is 0 Å². The molecule has 0 aliphatic heterocycles. The lowest BCUT2D eigenvalue weighted by molar-refractivity contribution is -0.149. The van der Waals surface area contributed by atoms with Crippen LogP contribution in [-0.4, -0.2) is 30.4 Å². The molecule has 4 nitrogen and oxygen atoms in total. The summed E-state index contributed by atoms with van der Waals surface area (Å²) in [5.41, 5.74) is 3.25. The van der Waals surface area contributed by atoms with Gasteiger partial charge in [0.1, 0.15) is 12.4 Å². The molecule has 0 aliphatic rings. The maximum Gasteiger partial charge on any atom is 0.333 e. The van der Waals surface area contributed by atoms with E-state index in [1.165, 1.54) is 11.1 Å². The minimum atomic E-state index is -0.941. The number of allylic oxidation sites excluding steroid dienone is 1. The number of aliphatic carboxylic acids is 1. The number of hydrogen-bond acceptors (Lipinski definition) is 3. The predicted molar refractivity (Wildman–Crippen MR) is 98.8 cm³/mol. The molecule has 25 heavy (non-hydrogen) atoms. The van der Waals surface area contributed by atoms with Crippen LogP contribution in [-0.2, 0) is 16.0 Å². The third kappa shape index (κ3) is 6.08. The summed E-state index contributed by atoms with van der Waals surface area (Å²) in [7, 11) is 0. The molecule has 0 bridgehead atoms. The molecular weight excluding hydrogens is 316 g/mol. The fourth-order valence-corrected chi connectivity index (χ4v) is 2.44. The van der Waals surface area contributed by atoms with Crippen LogP contribution in [0.4, 0.5) is 0 Å². The van der Waals surface area contributed by atoms with Crippen molar-refractivity contribution in [2.75, 3.05) is 13.2 Å². The molecule has 0 fully saturated rings. The van der Waals surface area contributed by atoms with Gasteiger partial charge in [0.15, 0.2) is 6.10 Å². The van der Waals surface area contributed by atoms with Crippen LogP contribution in [0.5, 0.6) is 5.75 Å². The maximum absolute atomic E-state index is 11.1. The van der Waals surface area contributed by atoms with Gasteiger partial charge in [0.2, 0.25) is 0 Å². The normalized spacial score (nSPS) is 12.6. The smallest absolute Gasteiger partial charge is 0.333 e. The summed E-state index contributed by atoms with van der Waals surface area (Å²) in [5, 5.41) is 9.13. The number of ether oxygens (including phenoxy) is 2. The van der Waals surface area contributed by atoms with Crippen LogP contribution in [0.1, 0.15) is 25.0 Å². The number of hydrogen-bond donors (Lipinski definition) is 1. The van der Waals surface area contributed by atoms with Crippen molar-refractivity contribution in [3.05, 3.63) is 71.8 Å². The van der Waals surface area contributed by atoms with Crippen molar-refractivity contribution >= 4 is 11.5 Å². The van der Waals surface area contributed by atoms with Gasteiger partial charge < -0.3 is 14.6 Å². The Balaban J connectivity index is 1.89. The minimum Gasteiger partial charge on any atom is -0.490 e. The molecule has 1 atom stereocenters. The maximum atomic E-state index is 11.1. The van der Waals surface area contributed by atoms with E-state index in [4.69, 9.17) is 14.6 Å². The molecule has 0 spiro atoms. The summed E-state index contributed by atoms with van der Waals surface area (Å²) in [6.45, 7) is 4.71. The van der Waals surface area contributed by atoms with Gasteiger partial charge in [-0.1, -0.05) is 42.5 Å². The van der Waals surface area contributed by atoms with Gasteiger partial charge in [-0.3, -0.25) is 0 Å². The molecule has 0 radical (unpaired) electrons.